The summed E-state index contributed by atoms with van der Waals surface area (Å²) in [6.45, 7) is 2.12. The number of nitrogens with zero attached hydrogens (tertiary/aromatic N) is 1. The van der Waals surface area contributed by atoms with Gasteiger partial charge in [0.15, 0.2) is 0 Å². The van der Waals surface area contributed by atoms with Crippen LogP contribution in [-0.4, -0.2) is 23.2 Å². The van der Waals surface area contributed by atoms with E-state index >= 15 is 0 Å². The number of rotatable bonds is 1. The van der Waals surface area contributed by atoms with E-state index in [0.29, 0.717) is 0 Å². The molecule has 1 aliphatic carbocycles. The van der Waals surface area contributed by atoms with Crippen LogP contribution in [0.15, 0.2) is 24.3 Å². The standard InChI is InChI=1S/C16H21NO2/c1-11-10-13-4-2-3-5-15(13)17(11)16(19)12-6-8-14(18)9-7-12/h2-5,11-12,14,18H,6-10H2,1H3. The molecule has 1 saturated carbocycles. The second-order valence-electron chi connectivity index (χ2n) is 5.90. The Morgan fingerprint density at radius 1 is 1.21 bits per heavy atom. The van der Waals surface area contributed by atoms with Crippen molar-refractivity contribution in [3.05, 3.63) is 29.8 Å². The molecule has 19 heavy (non-hydrogen) atoms. The Balaban J connectivity index is 1.80. The van der Waals surface area contributed by atoms with Crippen LogP contribution >= 0.6 is 0 Å². The number of aliphatic hydroxyl groups excluding tert-OH is 1. The lowest BCUT2D eigenvalue weighted by atomic mass is 9.86. The minimum Gasteiger partial charge on any atom is -0.393 e. The summed E-state index contributed by atoms with van der Waals surface area (Å²) in [7, 11) is 0. The van der Waals surface area contributed by atoms with Crippen molar-refractivity contribution in [2.75, 3.05) is 4.90 Å². The summed E-state index contributed by atoms with van der Waals surface area (Å²) < 4.78 is 0. The zero-order valence-electron chi connectivity index (χ0n) is 11.4. The van der Waals surface area contributed by atoms with Crippen molar-refractivity contribution in [2.45, 2.75) is 51.2 Å². The molecule has 1 unspecified atom stereocenters. The average Bonchev–Trinajstić information content (AvgIpc) is 2.74. The normalized spacial score (nSPS) is 30.2. The van der Waals surface area contributed by atoms with Gasteiger partial charge in [0.2, 0.25) is 5.91 Å². The first-order chi connectivity index (χ1) is 9.16. The highest BCUT2D eigenvalue weighted by atomic mass is 16.3. The summed E-state index contributed by atoms with van der Waals surface area (Å²) in [6, 6.07) is 8.47. The van der Waals surface area contributed by atoms with Gasteiger partial charge in [0.25, 0.3) is 0 Å². The lowest BCUT2D eigenvalue weighted by Gasteiger charge is -2.31. The molecule has 3 rings (SSSR count). The Labute approximate surface area is 114 Å². The van der Waals surface area contributed by atoms with Crippen molar-refractivity contribution in [1.82, 2.24) is 0 Å². The molecule has 1 atom stereocenters. The predicted octanol–water partition coefficient (Wildman–Crippen LogP) is 2.52. The fourth-order valence-corrected chi connectivity index (χ4v) is 3.42. The Morgan fingerprint density at radius 2 is 1.89 bits per heavy atom. The molecule has 0 aromatic heterocycles. The summed E-state index contributed by atoms with van der Waals surface area (Å²) in [5.74, 6) is 0.348. The number of anilines is 1. The van der Waals surface area contributed by atoms with Gasteiger partial charge in [0.1, 0.15) is 0 Å². The number of carbonyl (C=O) groups excluding carboxylic acids is 1. The molecule has 3 heteroatoms. The Morgan fingerprint density at radius 3 is 2.63 bits per heavy atom. The lowest BCUT2D eigenvalue weighted by molar-refractivity contribution is -0.124. The second-order valence-corrected chi connectivity index (χ2v) is 5.90. The first-order valence-corrected chi connectivity index (χ1v) is 7.26. The molecule has 0 bridgehead atoms. The average molecular weight is 259 g/mol. The van der Waals surface area contributed by atoms with Crippen molar-refractivity contribution >= 4 is 11.6 Å². The van der Waals surface area contributed by atoms with Crippen LogP contribution in [0.25, 0.3) is 0 Å². The van der Waals surface area contributed by atoms with Gasteiger partial charge in [-0.1, -0.05) is 18.2 Å². The molecule has 2 aliphatic rings. The van der Waals surface area contributed by atoms with Crippen molar-refractivity contribution in [3.8, 4) is 0 Å². The molecular formula is C16H21NO2. The first-order valence-electron chi connectivity index (χ1n) is 7.26. The third-order valence-electron chi connectivity index (χ3n) is 4.49. The van der Waals surface area contributed by atoms with Crippen LogP contribution in [0, 0.1) is 5.92 Å². The van der Waals surface area contributed by atoms with Gasteiger partial charge in [-0.3, -0.25) is 4.79 Å². The zero-order valence-corrected chi connectivity index (χ0v) is 11.4. The molecule has 102 valence electrons. The lowest BCUT2D eigenvalue weighted by Crippen LogP contribution is -2.41. The summed E-state index contributed by atoms with van der Waals surface area (Å²) in [5.41, 5.74) is 2.37. The topological polar surface area (TPSA) is 40.5 Å². The molecule has 1 amide bonds. The van der Waals surface area contributed by atoms with E-state index in [2.05, 4.69) is 19.1 Å². The zero-order chi connectivity index (χ0) is 13.4. The number of hydrogen-bond donors (Lipinski definition) is 1. The molecular weight excluding hydrogens is 238 g/mol. The molecule has 1 aliphatic heterocycles. The van der Waals surface area contributed by atoms with Crippen molar-refractivity contribution in [3.63, 3.8) is 0 Å². The van der Waals surface area contributed by atoms with Gasteiger partial charge >= 0.3 is 0 Å². The molecule has 1 N–H and O–H groups in total. The van der Waals surface area contributed by atoms with Crippen molar-refractivity contribution in [1.29, 1.82) is 0 Å². The number of fused-ring (bicyclic) bond motifs is 1. The van der Waals surface area contributed by atoms with Gasteiger partial charge in [-0.25, -0.2) is 0 Å². The van der Waals surface area contributed by atoms with E-state index in [4.69, 9.17) is 0 Å². The minimum absolute atomic E-state index is 0.0945. The van der Waals surface area contributed by atoms with E-state index in [9.17, 15) is 9.90 Å². The fraction of sp³-hybridized carbons (Fsp3) is 0.562. The number of carbonyl (C=O) groups is 1. The molecule has 1 heterocycles. The van der Waals surface area contributed by atoms with E-state index in [1.54, 1.807) is 0 Å². The first kappa shape index (κ1) is 12.7. The highest BCUT2D eigenvalue weighted by Gasteiger charge is 2.35. The number of para-hydroxylation sites is 1. The number of aliphatic hydroxyl groups is 1. The van der Waals surface area contributed by atoms with Gasteiger partial charge in [0.05, 0.1) is 6.10 Å². The van der Waals surface area contributed by atoms with Gasteiger partial charge in [-0.2, -0.15) is 0 Å². The van der Waals surface area contributed by atoms with E-state index < -0.39 is 0 Å². The van der Waals surface area contributed by atoms with Crippen LogP contribution in [0.4, 0.5) is 5.69 Å². The maximum atomic E-state index is 12.7. The molecule has 0 saturated heterocycles. The SMILES string of the molecule is CC1Cc2ccccc2N1C(=O)C1CCC(O)CC1. The Kier molecular flexibility index (Phi) is 3.31. The van der Waals surface area contributed by atoms with E-state index in [1.165, 1.54) is 5.56 Å². The summed E-state index contributed by atoms with van der Waals surface area (Å²) in [5, 5.41) is 9.56. The molecule has 1 aromatic carbocycles. The van der Waals surface area contributed by atoms with Crippen LogP contribution < -0.4 is 4.90 Å². The van der Waals surface area contributed by atoms with Crippen molar-refractivity contribution in [2.24, 2.45) is 5.92 Å². The summed E-state index contributed by atoms with van der Waals surface area (Å²) in [4.78, 5) is 14.7. The molecule has 1 aromatic rings. The van der Waals surface area contributed by atoms with Crippen LogP contribution in [0.2, 0.25) is 0 Å². The molecule has 3 nitrogen and oxygen atoms in total. The summed E-state index contributed by atoms with van der Waals surface area (Å²) >= 11 is 0. The molecule has 0 spiro atoms. The van der Waals surface area contributed by atoms with E-state index in [-0.39, 0.29) is 24.0 Å². The summed E-state index contributed by atoms with van der Waals surface area (Å²) in [6.07, 6.45) is 3.93. The highest BCUT2D eigenvalue weighted by molar-refractivity contribution is 5.97. The van der Waals surface area contributed by atoms with Crippen LogP contribution in [-0.2, 0) is 11.2 Å². The molecule has 1 fully saturated rings. The van der Waals surface area contributed by atoms with Gasteiger partial charge in [0, 0.05) is 17.6 Å². The van der Waals surface area contributed by atoms with Crippen LogP contribution in [0.3, 0.4) is 0 Å². The van der Waals surface area contributed by atoms with Crippen molar-refractivity contribution < 1.29 is 9.90 Å². The van der Waals surface area contributed by atoms with Gasteiger partial charge < -0.3 is 10.0 Å². The predicted molar refractivity (Wildman–Crippen MR) is 75.1 cm³/mol. The van der Waals surface area contributed by atoms with Gasteiger partial charge in [-0.15, -0.1) is 0 Å². The quantitative estimate of drug-likeness (QED) is 0.842. The number of hydrogen-bond acceptors (Lipinski definition) is 2. The largest absolute Gasteiger partial charge is 0.393 e. The Hall–Kier alpha value is -1.35. The third kappa shape index (κ3) is 2.27. The number of benzene rings is 1. The maximum absolute atomic E-state index is 12.7. The van der Waals surface area contributed by atoms with Gasteiger partial charge in [-0.05, 0) is 50.7 Å². The second kappa shape index (κ2) is 4.97. The maximum Gasteiger partial charge on any atom is 0.230 e. The van der Waals surface area contributed by atoms with E-state index in [1.807, 2.05) is 17.0 Å². The smallest absolute Gasteiger partial charge is 0.230 e. The van der Waals surface area contributed by atoms with E-state index in [0.717, 1.165) is 37.8 Å². The fourth-order valence-electron chi connectivity index (χ4n) is 3.42. The monoisotopic (exact) mass is 259 g/mol. The Bertz CT molecular complexity index is 477. The number of amides is 1. The minimum atomic E-state index is -0.202. The third-order valence-corrected chi connectivity index (χ3v) is 4.49. The van der Waals surface area contributed by atoms with Crippen LogP contribution in [0.1, 0.15) is 38.2 Å². The highest BCUT2D eigenvalue weighted by Crippen LogP contribution is 2.35. The van der Waals surface area contributed by atoms with Crippen LogP contribution in [0.5, 0.6) is 0 Å². The molecule has 0 radical (unpaired) electrons.